The zero-order valence-corrected chi connectivity index (χ0v) is 16.7. The van der Waals surface area contributed by atoms with Crippen LogP contribution in [0.4, 0.5) is 16.0 Å². The van der Waals surface area contributed by atoms with Crippen molar-refractivity contribution >= 4 is 11.6 Å². The van der Waals surface area contributed by atoms with E-state index in [2.05, 4.69) is 9.88 Å². The molecule has 0 spiro atoms. The van der Waals surface area contributed by atoms with E-state index in [1.807, 2.05) is 36.1 Å². The van der Waals surface area contributed by atoms with Crippen molar-refractivity contribution in [3.8, 4) is 5.75 Å². The van der Waals surface area contributed by atoms with E-state index in [4.69, 9.17) is 4.74 Å². The highest BCUT2D eigenvalue weighted by atomic mass is 19.1. The molecule has 0 N–H and O–H groups in total. The van der Waals surface area contributed by atoms with E-state index in [1.165, 1.54) is 12.1 Å². The Balaban J connectivity index is 1.72. The average molecular weight is 394 g/mol. The van der Waals surface area contributed by atoms with E-state index in [9.17, 15) is 9.18 Å². The van der Waals surface area contributed by atoms with E-state index in [-0.39, 0.29) is 11.4 Å². The molecule has 0 fully saturated rings. The number of aromatic nitrogens is 2. The van der Waals surface area contributed by atoms with E-state index in [0.717, 1.165) is 17.0 Å². The molecule has 6 nitrogen and oxygen atoms in total. The van der Waals surface area contributed by atoms with Gasteiger partial charge >= 0.3 is 0 Å². The summed E-state index contributed by atoms with van der Waals surface area (Å²) in [6.45, 7) is 5.26. The molecule has 0 unspecified atom stereocenters. The molecule has 0 saturated carbocycles. The van der Waals surface area contributed by atoms with Crippen LogP contribution >= 0.6 is 0 Å². The molecule has 0 saturated heterocycles. The quantitative estimate of drug-likeness (QED) is 0.677. The number of hydrogen-bond acceptors (Lipinski definition) is 5. The van der Waals surface area contributed by atoms with Crippen molar-refractivity contribution in [3.63, 3.8) is 0 Å². The average Bonchev–Trinajstić information content (AvgIpc) is 2.73. The molecule has 1 aliphatic rings. The van der Waals surface area contributed by atoms with Crippen LogP contribution in [0, 0.1) is 19.7 Å². The lowest BCUT2D eigenvalue weighted by Gasteiger charge is -2.38. The third kappa shape index (κ3) is 3.73. The van der Waals surface area contributed by atoms with Crippen molar-refractivity contribution in [2.75, 3.05) is 18.7 Å². The Hall–Kier alpha value is -3.19. The van der Waals surface area contributed by atoms with Crippen molar-refractivity contribution < 1.29 is 9.13 Å². The number of nitrogens with zero attached hydrogens (tertiary/aromatic N) is 4. The maximum absolute atomic E-state index is 13.4. The van der Waals surface area contributed by atoms with Crippen molar-refractivity contribution in [2.45, 2.75) is 27.1 Å². The number of methoxy groups -OCH3 is 1. The minimum atomic E-state index is -0.300. The number of rotatable bonds is 4. The minimum absolute atomic E-state index is 0.0564. The molecular weight excluding hydrogens is 371 g/mol. The number of benzene rings is 2. The monoisotopic (exact) mass is 394 g/mol. The largest absolute Gasteiger partial charge is 0.497 e. The fourth-order valence-electron chi connectivity index (χ4n) is 3.49. The van der Waals surface area contributed by atoms with Gasteiger partial charge in [-0.3, -0.25) is 19.2 Å². The summed E-state index contributed by atoms with van der Waals surface area (Å²) in [6.07, 6.45) is 0. The summed E-state index contributed by atoms with van der Waals surface area (Å²) in [6, 6.07) is 14.1. The van der Waals surface area contributed by atoms with Crippen LogP contribution in [0.2, 0.25) is 0 Å². The number of ether oxygens (including phenoxy) is 1. The first-order valence-corrected chi connectivity index (χ1v) is 9.42. The third-order valence-corrected chi connectivity index (χ3v) is 5.25. The van der Waals surface area contributed by atoms with Crippen LogP contribution in [-0.2, 0) is 13.2 Å². The van der Waals surface area contributed by atoms with E-state index < -0.39 is 0 Å². The molecular formula is C22H23FN4O2. The van der Waals surface area contributed by atoms with E-state index >= 15 is 0 Å². The standard InChI is InChI=1S/C22H23FN4O2/c1-15-16(2)24-22-26(19-8-6-18(23)7-9-19)13-25(14-27(22)21(15)28)12-17-4-10-20(29-3)11-5-17/h4-11H,12-14H2,1-3H3. The first kappa shape index (κ1) is 19.1. The number of anilines is 2. The van der Waals surface area contributed by atoms with Gasteiger partial charge in [0, 0.05) is 23.5 Å². The van der Waals surface area contributed by atoms with Gasteiger partial charge in [0.25, 0.3) is 5.56 Å². The summed E-state index contributed by atoms with van der Waals surface area (Å²) in [4.78, 5) is 21.7. The predicted octanol–water partition coefficient (Wildman–Crippen LogP) is 3.58. The summed E-state index contributed by atoms with van der Waals surface area (Å²) < 4.78 is 20.4. The molecule has 0 aliphatic carbocycles. The van der Waals surface area contributed by atoms with Gasteiger partial charge in [-0.2, -0.15) is 0 Å². The Morgan fingerprint density at radius 2 is 1.72 bits per heavy atom. The van der Waals surface area contributed by atoms with Gasteiger partial charge < -0.3 is 4.74 Å². The van der Waals surface area contributed by atoms with Gasteiger partial charge in [0.2, 0.25) is 5.95 Å². The lowest BCUT2D eigenvalue weighted by atomic mass is 10.2. The lowest BCUT2D eigenvalue weighted by molar-refractivity contribution is 0.190. The molecule has 1 aromatic heterocycles. The van der Waals surface area contributed by atoms with Gasteiger partial charge in [-0.1, -0.05) is 12.1 Å². The third-order valence-electron chi connectivity index (χ3n) is 5.25. The molecule has 0 amide bonds. The number of fused-ring (bicyclic) bond motifs is 1. The summed E-state index contributed by atoms with van der Waals surface area (Å²) in [5.74, 6) is 1.08. The van der Waals surface area contributed by atoms with Gasteiger partial charge in [-0.05, 0) is 55.8 Å². The Kier molecular flexibility index (Phi) is 5.07. The van der Waals surface area contributed by atoms with Crippen LogP contribution in [0.15, 0.2) is 53.3 Å². The molecule has 0 atom stereocenters. The zero-order chi connectivity index (χ0) is 20.5. The van der Waals surface area contributed by atoms with Crippen LogP contribution in [0.5, 0.6) is 5.75 Å². The molecule has 0 radical (unpaired) electrons. The fourth-order valence-corrected chi connectivity index (χ4v) is 3.49. The summed E-state index contributed by atoms with van der Waals surface area (Å²) >= 11 is 0. The van der Waals surface area contributed by atoms with Gasteiger partial charge in [-0.25, -0.2) is 9.37 Å². The van der Waals surface area contributed by atoms with E-state index in [1.54, 1.807) is 30.7 Å². The summed E-state index contributed by atoms with van der Waals surface area (Å²) in [7, 11) is 1.64. The molecule has 1 aliphatic heterocycles. The second kappa shape index (κ2) is 7.67. The predicted molar refractivity (Wildman–Crippen MR) is 110 cm³/mol. The number of aryl methyl sites for hydroxylation is 1. The molecule has 4 rings (SSSR count). The Bertz CT molecular complexity index is 1080. The molecule has 7 heteroatoms. The van der Waals surface area contributed by atoms with Gasteiger partial charge in [0.05, 0.1) is 20.4 Å². The topological polar surface area (TPSA) is 50.6 Å². The van der Waals surface area contributed by atoms with Crippen molar-refractivity contribution in [1.29, 1.82) is 0 Å². The van der Waals surface area contributed by atoms with Crippen molar-refractivity contribution in [3.05, 3.63) is 81.5 Å². The van der Waals surface area contributed by atoms with Crippen molar-refractivity contribution in [1.82, 2.24) is 14.5 Å². The molecule has 29 heavy (non-hydrogen) atoms. The highest BCUT2D eigenvalue weighted by Gasteiger charge is 2.27. The SMILES string of the molecule is COc1ccc(CN2CN(c3ccc(F)cc3)c3nc(C)c(C)c(=O)n3C2)cc1. The highest BCUT2D eigenvalue weighted by Crippen LogP contribution is 2.28. The van der Waals surface area contributed by atoms with E-state index in [0.29, 0.717) is 37.1 Å². The highest BCUT2D eigenvalue weighted by molar-refractivity contribution is 5.58. The maximum Gasteiger partial charge on any atom is 0.259 e. The van der Waals surface area contributed by atoms with Gasteiger partial charge in [0.15, 0.2) is 0 Å². The van der Waals surface area contributed by atoms with Gasteiger partial charge in [-0.15, -0.1) is 0 Å². The van der Waals surface area contributed by atoms with Crippen LogP contribution in [0.25, 0.3) is 0 Å². The number of hydrogen-bond donors (Lipinski definition) is 0. The Morgan fingerprint density at radius 3 is 2.38 bits per heavy atom. The van der Waals surface area contributed by atoms with Crippen LogP contribution < -0.4 is 15.2 Å². The maximum atomic E-state index is 13.4. The Morgan fingerprint density at radius 1 is 1.03 bits per heavy atom. The van der Waals surface area contributed by atoms with Crippen LogP contribution in [0.1, 0.15) is 16.8 Å². The molecule has 0 bridgehead atoms. The van der Waals surface area contributed by atoms with Crippen LogP contribution in [0.3, 0.4) is 0 Å². The minimum Gasteiger partial charge on any atom is -0.497 e. The molecule has 150 valence electrons. The summed E-state index contributed by atoms with van der Waals surface area (Å²) in [5.41, 5.74) is 3.18. The lowest BCUT2D eigenvalue weighted by Crippen LogP contribution is -2.47. The first-order chi connectivity index (χ1) is 14.0. The molecule has 2 aromatic carbocycles. The van der Waals surface area contributed by atoms with Gasteiger partial charge in [0.1, 0.15) is 11.6 Å². The van der Waals surface area contributed by atoms with Crippen molar-refractivity contribution in [2.24, 2.45) is 0 Å². The molecule has 2 heterocycles. The molecule has 3 aromatic rings. The first-order valence-electron chi connectivity index (χ1n) is 9.42. The second-order valence-electron chi connectivity index (χ2n) is 7.22. The zero-order valence-electron chi connectivity index (χ0n) is 16.7. The fraction of sp³-hybridized carbons (Fsp3) is 0.273. The number of halogens is 1. The Labute approximate surface area is 168 Å². The second-order valence-corrected chi connectivity index (χ2v) is 7.22. The normalized spacial score (nSPS) is 14.0. The summed E-state index contributed by atoms with van der Waals surface area (Å²) in [5, 5.41) is 0. The smallest absolute Gasteiger partial charge is 0.259 e. The van der Waals surface area contributed by atoms with Crippen LogP contribution in [-0.4, -0.2) is 28.2 Å².